The average Bonchev–Trinajstić information content (AvgIpc) is 3.19. The molecular formula is C18H22N4O2. The second kappa shape index (κ2) is 7.23. The van der Waals surface area contributed by atoms with Crippen LogP contribution in [0.1, 0.15) is 5.69 Å². The minimum absolute atomic E-state index is 0.0397. The summed E-state index contributed by atoms with van der Waals surface area (Å²) in [5.74, 6) is 1.67. The molecule has 3 rings (SSSR count). The van der Waals surface area contributed by atoms with Gasteiger partial charge in [-0.15, -0.1) is 0 Å². The largest absolute Gasteiger partial charge is 0.497 e. The molecule has 0 aliphatic heterocycles. The minimum atomic E-state index is 0.0397. The molecule has 24 heavy (non-hydrogen) atoms. The van der Waals surface area contributed by atoms with Gasteiger partial charge in [0, 0.05) is 30.6 Å². The van der Waals surface area contributed by atoms with Gasteiger partial charge >= 0.3 is 0 Å². The quantitative estimate of drug-likeness (QED) is 0.700. The van der Waals surface area contributed by atoms with Gasteiger partial charge < -0.3 is 19.7 Å². The number of methoxy groups -OCH3 is 1. The SMILES string of the molecule is COc1cccc(-c2cc(NCc3cccn3C)n(CCO)n2)c1. The molecule has 0 bridgehead atoms. The van der Waals surface area contributed by atoms with E-state index in [-0.39, 0.29) is 6.61 Å². The first-order valence-corrected chi connectivity index (χ1v) is 7.88. The number of hydrogen-bond donors (Lipinski definition) is 2. The van der Waals surface area contributed by atoms with Gasteiger partial charge in [0.05, 0.1) is 32.5 Å². The van der Waals surface area contributed by atoms with Gasteiger partial charge in [-0.25, -0.2) is 4.68 Å². The summed E-state index contributed by atoms with van der Waals surface area (Å²) < 4.78 is 9.14. The highest BCUT2D eigenvalue weighted by Gasteiger charge is 2.10. The van der Waals surface area contributed by atoms with Crippen LogP contribution in [-0.2, 0) is 20.1 Å². The van der Waals surface area contributed by atoms with Crippen LogP contribution in [0, 0.1) is 0 Å². The zero-order valence-corrected chi connectivity index (χ0v) is 13.9. The summed E-state index contributed by atoms with van der Waals surface area (Å²) in [5, 5.41) is 17.3. The lowest BCUT2D eigenvalue weighted by Crippen LogP contribution is -2.11. The number of aryl methyl sites for hydroxylation is 1. The van der Waals surface area contributed by atoms with Crippen LogP contribution in [0.25, 0.3) is 11.3 Å². The topological polar surface area (TPSA) is 64.2 Å². The van der Waals surface area contributed by atoms with Crippen molar-refractivity contribution in [3.63, 3.8) is 0 Å². The maximum absolute atomic E-state index is 9.29. The van der Waals surface area contributed by atoms with Crippen LogP contribution in [0.2, 0.25) is 0 Å². The van der Waals surface area contributed by atoms with Gasteiger partial charge in [0.1, 0.15) is 11.6 Å². The molecule has 0 aliphatic carbocycles. The predicted molar refractivity (Wildman–Crippen MR) is 94.0 cm³/mol. The fourth-order valence-electron chi connectivity index (χ4n) is 2.61. The van der Waals surface area contributed by atoms with Crippen LogP contribution < -0.4 is 10.1 Å². The van der Waals surface area contributed by atoms with Crippen molar-refractivity contribution in [2.45, 2.75) is 13.1 Å². The standard InChI is InChI=1S/C18H22N4O2/c1-21-8-4-6-15(21)13-19-18-12-17(20-22(18)9-10-23)14-5-3-7-16(11-14)24-2/h3-8,11-12,19,23H,9-10,13H2,1-2H3. The van der Waals surface area contributed by atoms with Gasteiger partial charge in [-0.1, -0.05) is 12.1 Å². The van der Waals surface area contributed by atoms with Gasteiger partial charge in [0.25, 0.3) is 0 Å². The lowest BCUT2D eigenvalue weighted by Gasteiger charge is -2.09. The average molecular weight is 326 g/mol. The zero-order valence-electron chi connectivity index (χ0n) is 13.9. The monoisotopic (exact) mass is 326 g/mol. The van der Waals surface area contributed by atoms with E-state index in [1.165, 1.54) is 5.69 Å². The van der Waals surface area contributed by atoms with Crippen molar-refractivity contribution in [1.29, 1.82) is 0 Å². The van der Waals surface area contributed by atoms with Crippen molar-refractivity contribution < 1.29 is 9.84 Å². The maximum Gasteiger partial charge on any atom is 0.125 e. The third-order valence-corrected chi connectivity index (χ3v) is 3.96. The third-order valence-electron chi connectivity index (χ3n) is 3.96. The Bertz CT molecular complexity index is 807. The second-order valence-electron chi connectivity index (χ2n) is 5.56. The van der Waals surface area contributed by atoms with E-state index in [0.717, 1.165) is 22.8 Å². The van der Waals surface area contributed by atoms with E-state index in [9.17, 15) is 5.11 Å². The van der Waals surface area contributed by atoms with Gasteiger partial charge in [0.2, 0.25) is 0 Å². The van der Waals surface area contributed by atoms with Crippen LogP contribution in [-0.4, -0.2) is 33.2 Å². The molecule has 126 valence electrons. The molecule has 0 unspecified atom stereocenters. The Morgan fingerprint density at radius 3 is 2.79 bits per heavy atom. The van der Waals surface area contributed by atoms with E-state index in [1.54, 1.807) is 11.8 Å². The van der Waals surface area contributed by atoms with Crippen LogP contribution in [0.15, 0.2) is 48.7 Å². The van der Waals surface area contributed by atoms with E-state index >= 15 is 0 Å². The van der Waals surface area contributed by atoms with Crippen LogP contribution >= 0.6 is 0 Å². The van der Waals surface area contributed by atoms with E-state index < -0.39 is 0 Å². The van der Waals surface area contributed by atoms with Crippen molar-refractivity contribution in [3.8, 4) is 17.0 Å². The molecule has 0 saturated carbocycles. The molecule has 0 saturated heterocycles. The van der Waals surface area contributed by atoms with Gasteiger partial charge in [-0.2, -0.15) is 5.10 Å². The summed E-state index contributed by atoms with van der Waals surface area (Å²) >= 11 is 0. The Balaban J connectivity index is 1.85. The summed E-state index contributed by atoms with van der Waals surface area (Å²) in [5.41, 5.74) is 3.00. The van der Waals surface area contributed by atoms with E-state index in [0.29, 0.717) is 13.1 Å². The first-order valence-electron chi connectivity index (χ1n) is 7.88. The highest BCUT2D eigenvalue weighted by atomic mass is 16.5. The summed E-state index contributed by atoms with van der Waals surface area (Å²) in [6.07, 6.45) is 2.02. The summed E-state index contributed by atoms with van der Waals surface area (Å²) in [6.45, 7) is 1.18. The Hall–Kier alpha value is -2.73. The normalized spacial score (nSPS) is 10.8. The highest BCUT2D eigenvalue weighted by Crippen LogP contribution is 2.25. The number of anilines is 1. The molecule has 2 N–H and O–H groups in total. The fraction of sp³-hybridized carbons (Fsp3) is 0.278. The molecular weight excluding hydrogens is 304 g/mol. The molecule has 0 radical (unpaired) electrons. The first kappa shape index (κ1) is 16.1. The van der Waals surface area contributed by atoms with E-state index in [2.05, 4.69) is 21.0 Å². The highest BCUT2D eigenvalue weighted by molar-refractivity contribution is 5.64. The van der Waals surface area contributed by atoms with Crippen molar-refractivity contribution in [3.05, 3.63) is 54.4 Å². The Morgan fingerprint density at radius 1 is 1.21 bits per heavy atom. The summed E-state index contributed by atoms with van der Waals surface area (Å²) in [4.78, 5) is 0. The molecule has 0 spiro atoms. The summed E-state index contributed by atoms with van der Waals surface area (Å²) in [6, 6.07) is 13.9. The Labute approximate surface area is 141 Å². The zero-order chi connectivity index (χ0) is 16.9. The number of hydrogen-bond acceptors (Lipinski definition) is 4. The number of ether oxygens (including phenoxy) is 1. The molecule has 0 fully saturated rings. The maximum atomic E-state index is 9.29. The molecule has 6 nitrogen and oxygen atoms in total. The molecule has 0 aliphatic rings. The molecule has 2 heterocycles. The number of aliphatic hydroxyl groups is 1. The lowest BCUT2D eigenvalue weighted by molar-refractivity contribution is 0.270. The predicted octanol–water partition coefficient (Wildman–Crippen LogP) is 2.50. The number of benzene rings is 1. The molecule has 0 atom stereocenters. The van der Waals surface area contributed by atoms with E-state index in [4.69, 9.17) is 4.74 Å². The lowest BCUT2D eigenvalue weighted by atomic mass is 10.1. The summed E-state index contributed by atoms with van der Waals surface area (Å²) in [7, 11) is 3.67. The van der Waals surface area contributed by atoms with Crippen molar-refractivity contribution in [2.75, 3.05) is 19.0 Å². The number of rotatable bonds is 7. The van der Waals surface area contributed by atoms with Crippen LogP contribution in [0.4, 0.5) is 5.82 Å². The third kappa shape index (κ3) is 3.44. The van der Waals surface area contributed by atoms with Gasteiger partial charge in [-0.3, -0.25) is 0 Å². The first-order chi connectivity index (χ1) is 11.7. The van der Waals surface area contributed by atoms with Crippen LogP contribution in [0.5, 0.6) is 5.75 Å². The number of nitrogens with zero attached hydrogens (tertiary/aromatic N) is 3. The Morgan fingerprint density at radius 2 is 2.08 bits per heavy atom. The number of aromatic nitrogens is 3. The second-order valence-corrected chi connectivity index (χ2v) is 5.56. The molecule has 1 aromatic carbocycles. The van der Waals surface area contributed by atoms with Crippen molar-refractivity contribution in [2.24, 2.45) is 7.05 Å². The van der Waals surface area contributed by atoms with Crippen molar-refractivity contribution in [1.82, 2.24) is 14.3 Å². The van der Waals surface area contributed by atoms with E-state index in [1.807, 2.05) is 49.6 Å². The molecule has 3 aromatic rings. The smallest absolute Gasteiger partial charge is 0.125 e. The Kier molecular flexibility index (Phi) is 4.86. The minimum Gasteiger partial charge on any atom is -0.497 e. The number of nitrogens with one attached hydrogen (secondary N) is 1. The van der Waals surface area contributed by atoms with Gasteiger partial charge in [0.15, 0.2) is 0 Å². The van der Waals surface area contributed by atoms with Crippen LogP contribution in [0.3, 0.4) is 0 Å². The van der Waals surface area contributed by atoms with Gasteiger partial charge in [-0.05, 0) is 24.3 Å². The molecule has 2 aromatic heterocycles. The molecule has 0 amide bonds. The molecule has 6 heteroatoms. The fourth-order valence-corrected chi connectivity index (χ4v) is 2.61. The number of aliphatic hydroxyl groups excluding tert-OH is 1. The van der Waals surface area contributed by atoms with Crippen molar-refractivity contribution >= 4 is 5.82 Å².